The minimum atomic E-state index is -0.944. The first-order valence-electron chi connectivity index (χ1n) is 13.2. The molecule has 7 rings (SSSR count). The summed E-state index contributed by atoms with van der Waals surface area (Å²) in [5.41, 5.74) is 1.64. The number of nitrogens with zero attached hydrogens (tertiary/aromatic N) is 2. The number of hydrogen-bond donors (Lipinski definition) is 2. The van der Waals surface area contributed by atoms with E-state index in [1.54, 1.807) is 6.20 Å². The number of likely N-dealkylation sites (N-methyl/N-ethyl adjacent to an activating group) is 1. The lowest BCUT2D eigenvalue weighted by molar-refractivity contribution is -0.165. The summed E-state index contributed by atoms with van der Waals surface area (Å²) in [7, 11) is 3.89. The smallest absolute Gasteiger partial charge is 0.141 e. The first kappa shape index (κ1) is 22.8. The van der Waals surface area contributed by atoms with Crippen molar-refractivity contribution in [2.45, 2.75) is 74.4 Å². The summed E-state index contributed by atoms with van der Waals surface area (Å²) >= 11 is 0. The van der Waals surface area contributed by atoms with Crippen LogP contribution in [0.3, 0.4) is 0 Å². The molecule has 0 unspecified atom stereocenters. The average Bonchev–Trinajstić information content (AvgIpc) is 3.32. The number of pyridine rings is 1. The van der Waals surface area contributed by atoms with Crippen molar-refractivity contribution in [3.05, 3.63) is 65.5 Å². The molecule has 2 bridgehead atoms. The van der Waals surface area contributed by atoms with Crippen LogP contribution in [0.2, 0.25) is 0 Å². The Morgan fingerprint density at radius 3 is 2.78 bits per heavy atom. The van der Waals surface area contributed by atoms with Crippen LogP contribution in [0.4, 0.5) is 0 Å². The van der Waals surface area contributed by atoms with Crippen LogP contribution in [-0.4, -0.2) is 69.4 Å². The van der Waals surface area contributed by atoms with Gasteiger partial charge >= 0.3 is 0 Å². The molecule has 8 atom stereocenters. The summed E-state index contributed by atoms with van der Waals surface area (Å²) in [6.45, 7) is 2.28. The SMILES string of the molecule is CN(C)[C@H]1C[C@@]23CC[C@@]4(O2)C(=CC[C@]2(C)[C@@H](c5ccc6ccncc6c5)C(=O)C[C@H]24)C=C3[C@@H](O)[C@@H]1O. The van der Waals surface area contributed by atoms with E-state index in [0.29, 0.717) is 18.6 Å². The van der Waals surface area contributed by atoms with Crippen molar-refractivity contribution in [3.63, 3.8) is 0 Å². The number of allylic oxidation sites excluding steroid dienone is 1. The second kappa shape index (κ2) is 7.35. The summed E-state index contributed by atoms with van der Waals surface area (Å²) in [5.74, 6) is 0.184. The van der Waals surface area contributed by atoms with Gasteiger partial charge in [-0.05, 0) is 79.4 Å². The molecule has 3 heterocycles. The fourth-order valence-corrected chi connectivity index (χ4v) is 8.56. The number of Topliss-reactive ketones (excluding diaryl/α,β-unsaturated/α-hetero) is 1. The highest BCUT2D eigenvalue weighted by atomic mass is 16.5. The van der Waals surface area contributed by atoms with Crippen LogP contribution in [0.1, 0.15) is 50.5 Å². The lowest BCUT2D eigenvalue weighted by atomic mass is 9.58. The van der Waals surface area contributed by atoms with Gasteiger partial charge in [-0.25, -0.2) is 0 Å². The third-order valence-corrected chi connectivity index (χ3v) is 10.3. The first-order chi connectivity index (χ1) is 17.2. The Morgan fingerprint density at radius 2 is 1.97 bits per heavy atom. The number of ketones is 1. The number of rotatable bonds is 2. The van der Waals surface area contributed by atoms with E-state index < -0.39 is 23.4 Å². The standard InChI is InChI=1S/C30H34N2O4/c1-28-8-6-20-13-21-26(34)27(35)22(32(2)3)15-29(21)9-10-30(20,36-29)24(28)14-23(33)25(28)18-5-4-17-7-11-31-16-19(17)12-18/h4-7,11-13,16,22,24-27,34-35H,8-10,14-15H2,1-3H3/t22-,24+,25-,26+,27+,28-,29+,30+/m0/s1. The number of hydrogen-bond acceptors (Lipinski definition) is 6. The Labute approximate surface area is 211 Å². The molecule has 36 heavy (non-hydrogen) atoms. The van der Waals surface area contributed by atoms with E-state index in [-0.39, 0.29) is 23.3 Å². The highest BCUT2D eigenvalue weighted by molar-refractivity contribution is 5.92. The molecular weight excluding hydrogens is 452 g/mol. The number of aliphatic hydroxyl groups is 2. The summed E-state index contributed by atoms with van der Waals surface area (Å²) in [6.07, 6.45) is 9.84. The number of carbonyl (C=O) groups excluding carboxylic acids is 1. The molecule has 0 amide bonds. The van der Waals surface area contributed by atoms with Crippen LogP contribution in [-0.2, 0) is 9.53 Å². The summed E-state index contributed by atoms with van der Waals surface area (Å²) in [6, 6.07) is 8.18. The monoisotopic (exact) mass is 486 g/mol. The fraction of sp³-hybridized carbons (Fsp3) is 0.533. The number of fused-ring (bicyclic) bond motifs is 2. The summed E-state index contributed by atoms with van der Waals surface area (Å²) < 4.78 is 7.16. The Morgan fingerprint density at radius 1 is 1.14 bits per heavy atom. The van der Waals surface area contributed by atoms with Gasteiger partial charge in [0.05, 0.1) is 17.3 Å². The van der Waals surface area contributed by atoms with Crippen molar-refractivity contribution >= 4 is 16.6 Å². The highest BCUT2D eigenvalue weighted by Crippen LogP contribution is 2.68. The first-order valence-corrected chi connectivity index (χ1v) is 13.2. The Balaban J connectivity index is 1.32. The summed E-state index contributed by atoms with van der Waals surface area (Å²) in [4.78, 5) is 20.0. The normalized spacial score (nSPS) is 43.2. The number of aromatic nitrogens is 1. The Hall–Kier alpha value is -2.38. The third kappa shape index (κ3) is 2.76. The predicted octanol–water partition coefficient (Wildman–Crippen LogP) is 3.53. The van der Waals surface area contributed by atoms with Gasteiger partial charge in [-0.2, -0.15) is 0 Å². The van der Waals surface area contributed by atoms with E-state index in [1.807, 2.05) is 31.3 Å². The van der Waals surface area contributed by atoms with Crippen LogP contribution in [0.25, 0.3) is 10.8 Å². The molecule has 3 fully saturated rings. The molecule has 6 nitrogen and oxygen atoms in total. The minimum Gasteiger partial charge on any atom is -0.388 e. The number of benzene rings is 1. The van der Waals surface area contributed by atoms with E-state index in [9.17, 15) is 15.0 Å². The maximum Gasteiger partial charge on any atom is 0.141 e. The molecule has 2 saturated carbocycles. The molecule has 1 aromatic heterocycles. The molecule has 188 valence electrons. The zero-order valence-corrected chi connectivity index (χ0v) is 21.1. The van der Waals surface area contributed by atoms with Crippen molar-refractivity contribution in [2.24, 2.45) is 11.3 Å². The molecule has 3 aliphatic carbocycles. The quantitative estimate of drug-likeness (QED) is 0.676. The Bertz CT molecular complexity index is 1350. The second-order valence-electron chi connectivity index (χ2n) is 12.3. The van der Waals surface area contributed by atoms with E-state index in [1.165, 1.54) is 0 Å². The molecule has 1 saturated heterocycles. The second-order valence-corrected chi connectivity index (χ2v) is 12.3. The van der Waals surface area contributed by atoms with E-state index >= 15 is 0 Å². The van der Waals surface area contributed by atoms with Crippen LogP contribution >= 0.6 is 0 Å². The fourth-order valence-electron chi connectivity index (χ4n) is 8.56. The van der Waals surface area contributed by atoms with Gasteiger partial charge in [0, 0.05) is 42.1 Å². The molecule has 1 aromatic carbocycles. The van der Waals surface area contributed by atoms with Gasteiger partial charge in [0.2, 0.25) is 0 Å². The summed E-state index contributed by atoms with van der Waals surface area (Å²) in [5, 5.41) is 24.2. The Kier molecular flexibility index (Phi) is 4.65. The molecule has 2 spiro atoms. The topological polar surface area (TPSA) is 82.9 Å². The molecular formula is C30H34N2O4. The predicted molar refractivity (Wildman–Crippen MR) is 136 cm³/mol. The molecule has 2 aromatic rings. The van der Waals surface area contributed by atoms with E-state index in [0.717, 1.165) is 46.7 Å². The van der Waals surface area contributed by atoms with Gasteiger partial charge in [0.25, 0.3) is 0 Å². The maximum absolute atomic E-state index is 13.8. The van der Waals surface area contributed by atoms with E-state index in [2.05, 4.69) is 42.3 Å². The largest absolute Gasteiger partial charge is 0.388 e. The van der Waals surface area contributed by atoms with E-state index in [4.69, 9.17) is 4.74 Å². The maximum atomic E-state index is 13.8. The lowest BCUT2D eigenvalue weighted by Gasteiger charge is -2.55. The molecule has 2 aliphatic heterocycles. The van der Waals surface area contributed by atoms with Gasteiger partial charge < -0.3 is 19.8 Å². The average molecular weight is 487 g/mol. The van der Waals surface area contributed by atoms with Crippen LogP contribution < -0.4 is 0 Å². The molecule has 5 aliphatic rings. The number of carbonyl (C=O) groups is 1. The molecule has 2 N–H and O–H groups in total. The zero-order valence-electron chi connectivity index (χ0n) is 21.1. The third-order valence-electron chi connectivity index (χ3n) is 10.3. The van der Waals surface area contributed by atoms with Crippen LogP contribution in [0.15, 0.2) is 60.0 Å². The van der Waals surface area contributed by atoms with Crippen LogP contribution in [0.5, 0.6) is 0 Å². The zero-order chi connectivity index (χ0) is 25.0. The molecule has 6 heteroatoms. The van der Waals surface area contributed by atoms with Crippen molar-refractivity contribution in [1.29, 1.82) is 0 Å². The van der Waals surface area contributed by atoms with Crippen molar-refractivity contribution in [2.75, 3.05) is 14.1 Å². The molecule has 0 radical (unpaired) electrons. The van der Waals surface area contributed by atoms with Gasteiger partial charge in [0.1, 0.15) is 11.9 Å². The highest BCUT2D eigenvalue weighted by Gasteiger charge is 2.69. The lowest BCUT2D eigenvalue weighted by Crippen LogP contribution is -2.61. The minimum absolute atomic E-state index is 0.0751. The number of aliphatic hydroxyl groups excluding tert-OH is 2. The van der Waals surface area contributed by atoms with Gasteiger partial charge in [-0.3, -0.25) is 9.78 Å². The number of ether oxygens (including phenoxy) is 1. The van der Waals surface area contributed by atoms with Gasteiger partial charge in [-0.15, -0.1) is 0 Å². The van der Waals surface area contributed by atoms with Crippen molar-refractivity contribution < 1.29 is 19.7 Å². The van der Waals surface area contributed by atoms with Crippen molar-refractivity contribution in [3.8, 4) is 0 Å². The van der Waals surface area contributed by atoms with Crippen molar-refractivity contribution in [1.82, 2.24) is 9.88 Å². The van der Waals surface area contributed by atoms with Gasteiger partial charge in [0.15, 0.2) is 0 Å². The van der Waals surface area contributed by atoms with Gasteiger partial charge in [-0.1, -0.05) is 31.2 Å². The van der Waals surface area contributed by atoms with Crippen LogP contribution in [0, 0.1) is 11.3 Å².